The summed E-state index contributed by atoms with van der Waals surface area (Å²) in [6.07, 6.45) is -15.9. The zero-order valence-corrected chi connectivity index (χ0v) is 11.0. The van der Waals surface area contributed by atoms with Crippen LogP contribution < -0.4 is 0 Å². The Morgan fingerprint density at radius 1 is 1.00 bits per heavy atom. The molecule has 2 nitrogen and oxygen atoms in total. The monoisotopic (exact) mass is 384 g/mol. The van der Waals surface area contributed by atoms with Gasteiger partial charge in [0.2, 0.25) is 0 Å². The first-order valence-electron chi connectivity index (χ1n) is 4.54. The van der Waals surface area contributed by atoms with Gasteiger partial charge < -0.3 is 4.74 Å². The number of rotatable bonds is 4. The van der Waals surface area contributed by atoms with Crippen LogP contribution in [0.3, 0.4) is 0 Å². The molecular formula is C8H6BrF9O2. The second kappa shape index (κ2) is 5.60. The number of alkyl halides is 10. The van der Waals surface area contributed by atoms with E-state index in [9.17, 15) is 44.3 Å². The van der Waals surface area contributed by atoms with Gasteiger partial charge in [0, 0.05) is 6.42 Å². The summed E-state index contributed by atoms with van der Waals surface area (Å²) >= 11 is 2.08. The van der Waals surface area contributed by atoms with Crippen molar-refractivity contribution in [2.24, 2.45) is 0 Å². The van der Waals surface area contributed by atoms with E-state index in [0.29, 0.717) is 7.11 Å². The van der Waals surface area contributed by atoms with Crippen LogP contribution in [0.25, 0.3) is 0 Å². The molecule has 0 aliphatic rings. The summed E-state index contributed by atoms with van der Waals surface area (Å²) in [5.74, 6) is -8.37. The minimum absolute atomic E-state index is 0.631. The fraction of sp³-hybridized carbons (Fsp3) is 0.875. The van der Waals surface area contributed by atoms with Crippen molar-refractivity contribution >= 4 is 21.9 Å². The van der Waals surface area contributed by atoms with Crippen LogP contribution in [0.1, 0.15) is 6.42 Å². The number of carbonyl (C=O) groups is 1. The number of hydrogen-bond acceptors (Lipinski definition) is 2. The molecule has 0 N–H and O–H groups in total. The van der Waals surface area contributed by atoms with Crippen LogP contribution in [-0.4, -0.2) is 41.9 Å². The van der Waals surface area contributed by atoms with Gasteiger partial charge in [0.15, 0.2) is 0 Å². The van der Waals surface area contributed by atoms with Crippen LogP contribution in [0, 0.1) is 0 Å². The van der Waals surface area contributed by atoms with E-state index < -0.39 is 41.2 Å². The Kier molecular flexibility index (Phi) is 5.41. The number of ether oxygens (including phenoxy) is 1. The molecule has 0 aromatic carbocycles. The van der Waals surface area contributed by atoms with Gasteiger partial charge in [-0.05, 0) is 0 Å². The Morgan fingerprint density at radius 3 is 1.65 bits per heavy atom. The molecule has 0 heterocycles. The van der Waals surface area contributed by atoms with Gasteiger partial charge in [-0.1, -0.05) is 15.9 Å². The van der Waals surface area contributed by atoms with Gasteiger partial charge in [0.05, 0.1) is 7.11 Å². The summed E-state index contributed by atoms with van der Waals surface area (Å²) in [5.41, 5.74) is -5.99. The van der Waals surface area contributed by atoms with Crippen LogP contribution in [-0.2, 0) is 9.53 Å². The molecule has 0 amide bonds. The quantitative estimate of drug-likeness (QED) is 0.419. The molecule has 0 aliphatic heterocycles. The fourth-order valence-corrected chi connectivity index (χ4v) is 1.74. The first kappa shape index (κ1) is 19.3. The highest BCUT2D eigenvalue weighted by molar-refractivity contribution is 9.10. The molecular weight excluding hydrogens is 379 g/mol. The topological polar surface area (TPSA) is 26.3 Å². The van der Waals surface area contributed by atoms with Crippen LogP contribution in [0.2, 0.25) is 0 Å². The number of hydrogen-bond donors (Lipinski definition) is 0. The van der Waals surface area contributed by atoms with E-state index in [1.807, 2.05) is 0 Å². The normalized spacial score (nSPS) is 18.4. The van der Waals surface area contributed by atoms with Gasteiger partial charge in [-0.15, -0.1) is 0 Å². The molecule has 120 valence electrons. The summed E-state index contributed by atoms with van der Waals surface area (Å²) in [7, 11) is 0.631. The highest BCUT2D eigenvalue weighted by Gasteiger charge is 2.81. The molecule has 0 radical (unpaired) electrons. The third kappa shape index (κ3) is 3.31. The minimum Gasteiger partial charge on any atom is -0.468 e. The predicted molar refractivity (Wildman–Crippen MR) is 50.2 cm³/mol. The summed E-state index contributed by atoms with van der Waals surface area (Å²) in [5, 5.41) is 0. The standard InChI is InChI=1S/C8H6BrF9O2/c1-20-4(19)3(9)2-5(10,7(13,14)15)6(11,12)8(16,17)18/h3H,2H2,1H3. The van der Waals surface area contributed by atoms with Gasteiger partial charge in [0.1, 0.15) is 4.83 Å². The van der Waals surface area contributed by atoms with E-state index in [-0.39, 0.29) is 0 Å². The van der Waals surface area contributed by atoms with E-state index in [0.717, 1.165) is 0 Å². The maximum atomic E-state index is 13.5. The van der Waals surface area contributed by atoms with Crippen molar-refractivity contribution in [3.8, 4) is 0 Å². The first-order chi connectivity index (χ1) is 8.62. The molecule has 0 rings (SSSR count). The van der Waals surface area contributed by atoms with Gasteiger partial charge in [0.25, 0.3) is 5.67 Å². The molecule has 0 aromatic rings. The van der Waals surface area contributed by atoms with Gasteiger partial charge in [-0.2, -0.15) is 35.1 Å². The van der Waals surface area contributed by atoms with E-state index >= 15 is 0 Å². The lowest BCUT2D eigenvalue weighted by Crippen LogP contribution is -2.63. The van der Waals surface area contributed by atoms with Crippen LogP contribution in [0.4, 0.5) is 39.5 Å². The van der Waals surface area contributed by atoms with E-state index in [2.05, 4.69) is 20.7 Å². The molecule has 0 aliphatic carbocycles. The molecule has 0 aromatic heterocycles. The summed E-state index contributed by atoms with van der Waals surface area (Å²) in [6.45, 7) is 0. The SMILES string of the molecule is COC(=O)C(Br)CC(F)(C(F)(F)F)C(F)(F)C(F)(F)F. The van der Waals surface area contributed by atoms with Crippen molar-refractivity contribution in [1.82, 2.24) is 0 Å². The van der Waals surface area contributed by atoms with Crippen molar-refractivity contribution in [2.75, 3.05) is 7.11 Å². The smallest absolute Gasteiger partial charge is 0.457 e. The van der Waals surface area contributed by atoms with Gasteiger partial charge in [-0.25, -0.2) is 4.39 Å². The molecule has 20 heavy (non-hydrogen) atoms. The molecule has 0 fully saturated rings. The second-order valence-corrected chi connectivity index (χ2v) is 4.67. The maximum absolute atomic E-state index is 13.5. The second-order valence-electron chi connectivity index (χ2n) is 3.57. The van der Waals surface area contributed by atoms with E-state index in [1.165, 1.54) is 0 Å². The predicted octanol–water partition coefficient (Wildman–Crippen LogP) is 3.78. The van der Waals surface area contributed by atoms with E-state index in [4.69, 9.17) is 0 Å². The molecule has 2 unspecified atom stereocenters. The van der Waals surface area contributed by atoms with E-state index in [1.54, 1.807) is 0 Å². The van der Waals surface area contributed by atoms with Crippen molar-refractivity contribution in [2.45, 2.75) is 35.2 Å². The van der Waals surface area contributed by atoms with Gasteiger partial charge >= 0.3 is 24.2 Å². The highest BCUT2D eigenvalue weighted by Crippen LogP contribution is 2.55. The van der Waals surface area contributed by atoms with Crippen LogP contribution in [0.5, 0.6) is 0 Å². The lowest BCUT2D eigenvalue weighted by atomic mass is 9.90. The van der Waals surface area contributed by atoms with Gasteiger partial charge in [-0.3, -0.25) is 4.79 Å². The van der Waals surface area contributed by atoms with Crippen molar-refractivity contribution in [1.29, 1.82) is 0 Å². The first-order valence-corrected chi connectivity index (χ1v) is 5.45. The largest absolute Gasteiger partial charge is 0.468 e. The minimum atomic E-state index is -6.79. The molecule has 0 saturated heterocycles. The lowest BCUT2D eigenvalue weighted by molar-refractivity contribution is -0.384. The Bertz CT molecular complexity index is 364. The maximum Gasteiger partial charge on any atom is 0.457 e. The summed E-state index contributed by atoms with van der Waals surface area (Å²) in [6, 6.07) is 0. The third-order valence-electron chi connectivity index (χ3n) is 2.22. The third-order valence-corrected chi connectivity index (χ3v) is 2.92. The number of methoxy groups -OCH3 is 1. The molecule has 0 spiro atoms. The number of carbonyl (C=O) groups excluding carboxylic acids is 1. The Morgan fingerprint density at radius 2 is 1.40 bits per heavy atom. The highest BCUT2D eigenvalue weighted by atomic mass is 79.9. The average Bonchev–Trinajstić information content (AvgIpc) is 2.24. The molecule has 0 bridgehead atoms. The number of halogens is 10. The van der Waals surface area contributed by atoms with Crippen molar-refractivity contribution < 1.29 is 49.0 Å². The summed E-state index contributed by atoms with van der Waals surface area (Å²) in [4.78, 5) is 8.42. The number of esters is 1. The Hall–Kier alpha value is -0.680. The van der Waals surface area contributed by atoms with Crippen LogP contribution >= 0.6 is 15.9 Å². The van der Waals surface area contributed by atoms with Crippen LogP contribution in [0.15, 0.2) is 0 Å². The summed E-state index contributed by atoms with van der Waals surface area (Å²) < 4.78 is 116. The van der Waals surface area contributed by atoms with Crippen molar-refractivity contribution in [3.05, 3.63) is 0 Å². The Balaban J connectivity index is 5.74. The van der Waals surface area contributed by atoms with Crippen molar-refractivity contribution in [3.63, 3.8) is 0 Å². The molecule has 2 atom stereocenters. The zero-order chi connectivity index (χ0) is 16.6. The average molecular weight is 385 g/mol. The fourth-order valence-electron chi connectivity index (χ4n) is 1.10. The Labute approximate surface area is 114 Å². The molecule has 0 saturated carbocycles. The zero-order valence-electron chi connectivity index (χ0n) is 9.38. The lowest BCUT2D eigenvalue weighted by Gasteiger charge is -2.36. The molecule has 12 heteroatoms.